The predicted octanol–water partition coefficient (Wildman–Crippen LogP) is 21.0. The Balaban J connectivity index is 0.000000115. The van der Waals surface area contributed by atoms with Gasteiger partial charge in [-0.3, -0.25) is 0 Å². The number of rotatable bonds is 8. The molecule has 0 saturated heterocycles. The van der Waals surface area contributed by atoms with Crippen molar-refractivity contribution < 1.29 is 28.3 Å². The number of aryl methyl sites for hydroxylation is 10. The molecule has 7 aliphatic rings. The van der Waals surface area contributed by atoms with Gasteiger partial charge in [-0.15, -0.1) is 0 Å². The Bertz CT molecular complexity index is 4840. The normalized spacial score (nSPS) is 24.0. The Kier molecular flexibility index (Phi) is 18.0. The van der Waals surface area contributed by atoms with Gasteiger partial charge in [0.1, 0.15) is 35.2 Å². The molecule has 3 fully saturated rings. The van der Waals surface area contributed by atoms with Crippen LogP contribution in [0, 0.1) is 40.0 Å². The molecule has 6 atom stereocenters. The molecule has 0 N–H and O–H groups in total. The molecule has 10 aromatic rings. The standard InChI is InChI=1S/C20H24N.C20H26N.2C18H20N.C18H24N/c1-13-7-5-6-8-14(13)19-18-15(11-12-21(19)4)16-9-10-17(18)20(16,2)3;1-14-9-7-8-10-15(14)18-17-16(11-12-21(18)6)19(2,3)13-20(17,4)5;2*1-12-5-3-4-6-15(12)18-17-14-8-7-13(11-14)16(17)9-10-19(18)2;1-5-15(6-2)16-11-12-18(19(4)13-16)17-10-8-7-9-14(17)3/h5-8,11-12,16-17H,9-10H2,1-4H3;7-12H,13H2,1-6H3;2*3-6,9-10,13-14H,7-8,11H2,1-2H3;7-13,15H,5-6H2,1-4H3/q5*+1/i16D,17D;;13D,14D;;. The summed E-state index contributed by atoms with van der Waals surface area (Å²) in [7, 11) is 10.6. The van der Waals surface area contributed by atoms with Crippen molar-refractivity contribution in [1.29, 1.82) is 0 Å². The number of benzene rings is 5. The molecule has 510 valence electrons. The highest BCUT2D eigenvalue weighted by Gasteiger charge is 2.54. The van der Waals surface area contributed by atoms with Gasteiger partial charge in [0.2, 0.25) is 28.5 Å². The van der Waals surface area contributed by atoms with E-state index in [1.807, 2.05) is 7.05 Å². The molecular weight excluding hydrogens is 1200 g/mol. The number of nitrogens with zero attached hydrogens (tertiary/aromatic N) is 5. The second-order valence-corrected chi connectivity index (χ2v) is 32.0. The third-order valence-corrected chi connectivity index (χ3v) is 24.2. The molecule has 6 bridgehead atoms. The number of aromatic nitrogens is 5. The van der Waals surface area contributed by atoms with Crippen molar-refractivity contribution in [1.82, 2.24) is 0 Å². The topological polar surface area (TPSA) is 19.4 Å². The van der Waals surface area contributed by atoms with Gasteiger partial charge >= 0.3 is 0 Å². The fourth-order valence-electron chi connectivity index (χ4n) is 19.3. The highest BCUT2D eigenvalue weighted by molar-refractivity contribution is 5.72. The summed E-state index contributed by atoms with van der Waals surface area (Å²) in [6.45, 7) is 29.1. The van der Waals surface area contributed by atoms with Crippen LogP contribution >= 0.6 is 0 Å². The lowest BCUT2D eigenvalue weighted by Crippen LogP contribution is -2.34. The van der Waals surface area contributed by atoms with Gasteiger partial charge in [-0.25, -0.2) is 22.8 Å². The van der Waals surface area contributed by atoms with Crippen molar-refractivity contribution in [3.8, 4) is 56.3 Å². The average Bonchev–Trinajstić information content (AvgIpc) is 1.50. The Morgan fingerprint density at radius 2 is 0.828 bits per heavy atom. The zero-order chi connectivity index (χ0) is 73.7. The van der Waals surface area contributed by atoms with Crippen LogP contribution in [0.2, 0.25) is 0 Å². The van der Waals surface area contributed by atoms with E-state index in [-0.39, 0.29) is 16.2 Å². The SMILES string of the molecule is CCC(CC)c1ccc(-c2ccccc2C)[n+](C)c1.Cc1ccccc1-c1c2c(cc[n+]1C)C(C)(C)CC2(C)C.Cc1ccccc1-c1c2c(cc[n+]1C)C1CCC2C1.[2H]C12CCC([2H])(C1)c1c2cc[n+](C)c1-c1ccccc1C.[2H]C12CCC([2H])(c3c1cc[n+](C)c3-c1ccccc1C)C2(C)C. The number of fused-ring (bicyclic) bond motifs is 16. The van der Waals surface area contributed by atoms with Crippen molar-refractivity contribution >= 4 is 0 Å². The molecule has 17 rings (SSSR count). The minimum absolute atomic E-state index is 0.218. The molecule has 5 heterocycles. The molecule has 7 aliphatic carbocycles. The van der Waals surface area contributed by atoms with Gasteiger partial charge in [0.25, 0.3) is 0 Å². The fraction of sp³-hybridized carbons (Fsp3) is 0.415. The van der Waals surface area contributed by atoms with Crippen molar-refractivity contribution in [2.75, 3.05) is 0 Å². The van der Waals surface area contributed by atoms with Crippen LogP contribution < -0.4 is 22.8 Å². The van der Waals surface area contributed by atoms with Crippen molar-refractivity contribution in [3.63, 3.8) is 0 Å². The lowest BCUT2D eigenvalue weighted by atomic mass is 9.79. The van der Waals surface area contributed by atoms with Crippen LogP contribution in [0.3, 0.4) is 0 Å². The zero-order valence-electron chi connectivity index (χ0n) is 67.1. The van der Waals surface area contributed by atoms with Gasteiger partial charge in [0.05, 0.1) is 0 Å². The van der Waals surface area contributed by atoms with Crippen LogP contribution in [0.25, 0.3) is 56.3 Å². The first kappa shape index (κ1) is 64.2. The monoisotopic (exact) mass is 1320 g/mol. The van der Waals surface area contributed by atoms with E-state index in [0.29, 0.717) is 12.3 Å². The molecule has 6 unspecified atom stereocenters. The molecule has 5 heteroatoms. The molecule has 0 amide bonds. The van der Waals surface area contributed by atoms with Crippen molar-refractivity contribution in [2.45, 2.75) is 213 Å². The second kappa shape index (κ2) is 27.8. The lowest BCUT2D eigenvalue weighted by Gasteiger charge is -2.24. The van der Waals surface area contributed by atoms with E-state index < -0.39 is 23.6 Å². The summed E-state index contributed by atoms with van der Waals surface area (Å²) in [5.41, 5.74) is 31.6. The van der Waals surface area contributed by atoms with Crippen molar-refractivity contribution in [3.05, 3.63) is 267 Å². The minimum atomic E-state index is -0.680. The van der Waals surface area contributed by atoms with E-state index in [1.165, 1.54) is 128 Å². The van der Waals surface area contributed by atoms with Gasteiger partial charge in [-0.1, -0.05) is 146 Å². The average molecular weight is 1320 g/mol. The first-order valence-electron chi connectivity index (χ1n) is 39.3. The smallest absolute Gasteiger partial charge is 0.201 e. The fourth-order valence-corrected chi connectivity index (χ4v) is 19.3. The maximum atomic E-state index is 9.30. The second-order valence-electron chi connectivity index (χ2n) is 32.0. The van der Waals surface area contributed by atoms with Gasteiger partial charge in [-0.2, -0.15) is 0 Å². The summed E-state index contributed by atoms with van der Waals surface area (Å²) in [5, 5.41) is 0. The van der Waals surface area contributed by atoms with E-state index >= 15 is 0 Å². The summed E-state index contributed by atoms with van der Waals surface area (Å²) in [4.78, 5) is 0. The Hall–Kier alpha value is -8.15. The predicted molar refractivity (Wildman–Crippen MR) is 410 cm³/mol. The van der Waals surface area contributed by atoms with Crippen LogP contribution in [-0.4, -0.2) is 0 Å². The van der Waals surface area contributed by atoms with Gasteiger partial charge < -0.3 is 0 Å². The van der Waals surface area contributed by atoms with E-state index in [1.54, 1.807) is 11.1 Å². The van der Waals surface area contributed by atoms with Crippen LogP contribution in [0.15, 0.2) is 189 Å². The molecule has 5 aromatic carbocycles. The lowest BCUT2D eigenvalue weighted by molar-refractivity contribution is -0.661. The Morgan fingerprint density at radius 1 is 0.394 bits per heavy atom. The van der Waals surface area contributed by atoms with Crippen molar-refractivity contribution in [2.24, 2.45) is 40.7 Å². The van der Waals surface area contributed by atoms with Crippen LogP contribution in [0.5, 0.6) is 0 Å². The Morgan fingerprint density at radius 3 is 1.35 bits per heavy atom. The molecule has 0 aliphatic heterocycles. The molecule has 5 aromatic heterocycles. The molecule has 0 radical (unpaired) electrons. The number of hydrogen-bond donors (Lipinski definition) is 0. The molecular formula is C94H114N5+5. The van der Waals surface area contributed by atoms with E-state index in [0.717, 1.165) is 71.2 Å². The first-order chi connectivity index (χ1) is 48.8. The van der Waals surface area contributed by atoms with Gasteiger partial charge in [0, 0.05) is 91.4 Å². The zero-order valence-corrected chi connectivity index (χ0v) is 63.1. The summed E-state index contributed by atoms with van der Waals surface area (Å²) >= 11 is 0. The van der Waals surface area contributed by atoms with Crippen LogP contribution in [0.1, 0.15) is 251 Å². The summed E-state index contributed by atoms with van der Waals surface area (Å²) in [6.07, 6.45) is 22.5. The highest BCUT2D eigenvalue weighted by Crippen LogP contribution is 2.66. The van der Waals surface area contributed by atoms with Crippen LogP contribution in [-0.2, 0) is 46.1 Å². The quantitative estimate of drug-likeness (QED) is 0.135. The third kappa shape index (κ3) is 12.8. The minimum Gasteiger partial charge on any atom is -0.201 e. The summed E-state index contributed by atoms with van der Waals surface area (Å²) in [6, 6.07) is 56.2. The maximum absolute atomic E-state index is 9.30. The number of hydrogen-bond acceptors (Lipinski definition) is 0. The van der Waals surface area contributed by atoms with Crippen LogP contribution in [0.4, 0.5) is 0 Å². The Labute approximate surface area is 601 Å². The van der Waals surface area contributed by atoms with E-state index in [9.17, 15) is 1.37 Å². The van der Waals surface area contributed by atoms with Gasteiger partial charge in [-0.05, 0) is 249 Å². The molecule has 99 heavy (non-hydrogen) atoms. The van der Waals surface area contributed by atoms with Gasteiger partial charge in [0.15, 0.2) is 31.0 Å². The first-order valence-corrected chi connectivity index (χ1v) is 37.3. The summed E-state index contributed by atoms with van der Waals surface area (Å²) in [5.74, 6) is -0.115. The third-order valence-electron chi connectivity index (χ3n) is 24.2. The molecule has 0 spiro atoms. The molecule has 3 saturated carbocycles. The number of pyridine rings is 5. The van der Waals surface area contributed by atoms with E-state index in [4.69, 9.17) is 4.11 Å². The molecule has 5 nitrogen and oxygen atoms in total. The maximum Gasteiger partial charge on any atom is 0.216 e. The largest absolute Gasteiger partial charge is 0.216 e. The van der Waals surface area contributed by atoms with E-state index in [2.05, 4.69) is 330 Å². The highest BCUT2D eigenvalue weighted by atomic mass is 15.0. The summed E-state index contributed by atoms with van der Waals surface area (Å²) < 4.78 is 47.2.